The van der Waals surface area contributed by atoms with E-state index < -0.39 is 11.8 Å². The van der Waals surface area contributed by atoms with Crippen LogP contribution in [-0.2, 0) is 24.7 Å². The maximum absolute atomic E-state index is 15.5. The zero-order valence-corrected chi connectivity index (χ0v) is 25.2. The largest absolute Gasteiger partial charge is 0.490 e. The number of hydrogen-bond acceptors (Lipinski definition) is 6. The Morgan fingerprint density at radius 3 is 2.61 bits per heavy atom. The van der Waals surface area contributed by atoms with Crippen molar-refractivity contribution in [1.29, 1.82) is 0 Å². The van der Waals surface area contributed by atoms with Crippen LogP contribution in [0.2, 0.25) is 0 Å². The molecule has 8 nitrogen and oxygen atoms in total. The number of aromatic nitrogens is 4. The lowest BCUT2D eigenvalue weighted by Gasteiger charge is -2.23. The topological polar surface area (TPSA) is 93.4 Å². The van der Waals surface area contributed by atoms with Crippen LogP contribution in [0.3, 0.4) is 0 Å². The van der Waals surface area contributed by atoms with Crippen LogP contribution < -0.4 is 9.64 Å². The van der Waals surface area contributed by atoms with Gasteiger partial charge in [-0.25, -0.2) is 14.4 Å². The van der Waals surface area contributed by atoms with Crippen molar-refractivity contribution < 1.29 is 19.0 Å². The molecule has 44 heavy (non-hydrogen) atoms. The Balaban J connectivity index is 1.38. The van der Waals surface area contributed by atoms with Crippen molar-refractivity contribution >= 4 is 22.8 Å². The highest BCUT2D eigenvalue weighted by Crippen LogP contribution is 2.43. The molecule has 7 rings (SSSR count). The lowest BCUT2D eigenvalue weighted by Crippen LogP contribution is -2.18. The van der Waals surface area contributed by atoms with Gasteiger partial charge in [-0.1, -0.05) is 0 Å². The maximum atomic E-state index is 15.5. The van der Waals surface area contributed by atoms with E-state index in [0.29, 0.717) is 46.8 Å². The van der Waals surface area contributed by atoms with E-state index in [-0.39, 0.29) is 6.42 Å². The minimum Gasteiger partial charge on any atom is -0.490 e. The summed E-state index contributed by atoms with van der Waals surface area (Å²) in [5.74, 6) is -0.0966. The van der Waals surface area contributed by atoms with Gasteiger partial charge >= 0.3 is 5.97 Å². The number of aliphatic carboxylic acids is 1. The maximum Gasteiger partial charge on any atom is 0.307 e. The molecule has 1 fully saturated rings. The van der Waals surface area contributed by atoms with Gasteiger partial charge in [-0.05, 0) is 98.2 Å². The van der Waals surface area contributed by atoms with Crippen molar-refractivity contribution in [2.45, 2.75) is 46.0 Å². The molecule has 1 saturated heterocycles. The van der Waals surface area contributed by atoms with Gasteiger partial charge in [-0.15, -0.1) is 0 Å². The summed E-state index contributed by atoms with van der Waals surface area (Å²) in [6.45, 7) is 6.35. The minimum atomic E-state index is -0.964. The summed E-state index contributed by atoms with van der Waals surface area (Å²) in [5.41, 5.74) is 8.58. The van der Waals surface area contributed by atoms with Gasteiger partial charge in [0, 0.05) is 60.3 Å². The third kappa shape index (κ3) is 4.76. The Labute approximate surface area is 255 Å². The van der Waals surface area contributed by atoms with E-state index in [1.54, 1.807) is 6.20 Å². The second kappa shape index (κ2) is 11.0. The molecular weight excluding hydrogens is 557 g/mol. The van der Waals surface area contributed by atoms with Crippen LogP contribution in [0.25, 0.3) is 44.7 Å². The fourth-order valence-electron chi connectivity index (χ4n) is 6.77. The zero-order chi connectivity index (χ0) is 30.5. The first kappa shape index (κ1) is 28.0. The lowest BCUT2D eigenvalue weighted by molar-refractivity contribution is -0.136. The average Bonchev–Trinajstić information content (AvgIpc) is 3.68. The molecule has 6 heterocycles. The van der Waals surface area contributed by atoms with Crippen LogP contribution >= 0.6 is 0 Å². The minimum absolute atomic E-state index is 0.219. The Kier molecular flexibility index (Phi) is 7.03. The highest BCUT2D eigenvalue weighted by molar-refractivity contribution is 6.01. The number of benzene rings is 1. The number of rotatable bonds is 6. The molecule has 224 valence electrons. The first-order chi connectivity index (χ1) is 21.3. The molecule has 0 unspecified atom stereocenters. The van der Waals surface area contributed by atoms with Gasteiger partial charge in [-0.3, -0.25) is 9.78 Å². The SMILES string of the molecule is Cc1nc2c(cc(-c3ccnc(-c4ccc(N5CCCC5)nc4)c3)n2C)c(-c2cc(F)c3c(c2C)CCCO3)c1CC(=O)O. The van der Waals surface area contributed by atoms with Gasteiger partial charge in [-0.2, -0.15) is 0 Å². The summed E-state index contributed by atoms with van der Waals surface area (Å²) in [4.78, 5) is 28.6. The summed E-state index contributed by atoms with van der Waals surface area (Å²) in [5, 5.41) is 10.6. The molecule has 0 radical (unpaired) electrons. The highest BCUT2D eigenvalue weighted by atomic mass is 19.1. The van der Waals surface area contributed by atoms with Crippen LogP contribution in [-0.4, -0.2) is 50.3 Å². The van der Waals surface area contributed by atoms with Crippen molar-refractivity contribution in [3.8, 4) is 39.4 Å². The molecule has 9 heteroatoms. The number of pyridine rings is 3. The molecule has 0 bridgehead atoms. The number of hydrogen-bond donors (Lipinski definition) is 1. The van der Waals surface area contributed by atoms with Crippen LogP contribution in [0, 0.1) is 19.7 Å². The van der Waals surface area contributed by atoms with Gasteiger partial charge < -0.3 is 19.3 Å². The van der Waals surface area contributed by atoms with E-state index in [0.717, 1.165) is 64.4 Å². The number of halogens is 1. The predicted molar refractivity (Wildman–Crippen MR) is 169 cm³/mol. The highest BCUT2D eigenvalue weighted by Gasteiger charge is 2.26. The number of carboxylic acids is 1. The van der Waals surface area contributed by atoms with Gasteiger partial charge in [0.05, 0.1) is 24.4 Å². The fourth-order valence-corrected chi connectivity index (χ4v) is 6.77. The van der Waals surface area contributed by atoms with Crippen molar-refractivity contribution in [1.82, 2.24) is 19.5 Å². The van der Waals surface area contributed by atoms with Crippen LogP contribution in [0.1, 0.15) is 41.6 Å². The summed E-state index contributed by atoms with van der Waals surface area (Å²) < 4.78 is 23.2. The fraction of sp³-hybridized carbons (Fsp3) is 0.314. The van der Waals surface area contributed by atoms with E-state index in [9.17, 15) is 9.90 Å². The van der Waals surface area contributed by atoms with Crippen molar-refractivity contribution in [2.75, 3.05) is 24.6 Å². The number of fused-ring (bicyclic) bond motifs is 2. The second-order valence-electron chi connectivity index (χ2n) is 11.8. The molecule has 0 atom stereocenters. The Morgan fingerprint density at radius 2 is 1.86 bits per heavy atom. The molecule has 2 aliphatic rings. The molecular formula is C35H34FN5O3. The molecule has 0 aliphatic carbocycles. The standard InChI is InChI=1S/C35H34FN5O3/c1-20-24-7-6-14-44-34(24)28(36)16-25(20)33-26(18-32(42)43)21(2)39-35-27(33)17-30(40(35)3)22-10-11-37-29(15-22)23-8-9-31(38-19-23)41-12-4-5-13-41/h8-11,15-17,19H,4-7,12-14,18H2,1-3H3,(H,42,43). The third-order valence-electron chi connectivity index (χ3n) is 9.05. The third-order valence-corrected chi connectivity index (χ3v) is 9.05. The summed E-state index contributed by atoms with van der Waals surface area (Å²) in [7, 11) is 1.95. The van der Waals surface area contributed by atoms with Gasteiger partial charge in [0.2, 0.25) is 0 Å². The second-order valence-corrected chi connectivity index (χ2v) is 11.8. The van der Waals surface area contributed by atoms with Crippen molar-refractivity contribution in [3.63, 3.8) is 0 Å². The van der Waals surface area contributed by atoms with Crippen molar-refractivity contribution in [3.05, 3.63) is 77.0 Å². The zero-order valence-electron chi connectivity index (χ0n) is 25.2. The number of nitrogens with zero attached hydrogens (tertiary/aromatic N) is 5. The van der Waals surface area contributed by atoms with E-state index in [4.69, 9.17) is 14.7 Å². The normalized spacial score (nSPS) is 14.6. The first-order valence-electron chi connectivity index (χ1n) is 15.1. The molecule has 0 amide bonds. The first-order valence-corrected chi connectivity index (χ1v) is 15.1. The summed E-state index contributed by atoms with van der Waals surface area (Å²) in [6, 6.07) is 11.6. The molecule has 4 aromatic heterocycles. The molecule has 1 aromatic carbocycles. The van der Waals surface area contributed by atoms with Crippen LogP contribution in [0.15, 0.2) is 48.8 Å². The molecule has 0 saturated carbocycles. The number of ether oxygens (including phenoxy) is 1. The van der Waals surface area contributed by atoms with E-state index >= 15 is 4.39 Å². The Morgan fingerprint density at radius 1 is 1.05 bits per heavy atom. The number of carbonyl (C=O) groups is 1. The molecule has 1 N–H and O–H groups in total. The predicted octanol–water partition coefficient (Wildman–Crippen LogP) is 6.67. The summed E-state index contributed by atoms with van der Waals surface area (Å²) in [6.07, 6.45) is 7.35. The average molecular weight is 592 g/mol. The summed E-state index contributed by atoms with van der Waals surface area (Å²) >= 11 is 0. The Bertz CT molecular complexity index is 1930. The van der Waals surface area contributed by atoms with Crippen LogP contribution in [0.5, 0.6) is 5.75 Å². The van der Waals surface area contributed by atoms with Gasteiger partial charge in [0.1, 0.15) is 11.5 Å². The van der Waals surface area contributed by atoms with Gasteiger partial charge in [0.15, 0.2) is 11.6 Å². The van der Waals surface area contributed by atoms with E-state index in [1.165, 1.54) is 18.9 Å². The van der Waals surface area contributed by atoms with Gasteiger partial charge in [0.25, 0.3) is 0 Å². The quantitative estimate of drug-likeness (QED) is 0.236. The Hall–Kier alpha value is -4.79. The molecule has 5 aromatic rings. The molecule has 0 spiro atoms. The smallest absolute Gasteiger partial charge is 0.307 e. The monoisotopic (exact) mass is 591 g/mol. The van der Waals surface area contributed by atoms with Crippen molar-refractivity contribution in [2.24, 2.45) is 7.05 Å². The number of carboxylic acid groups (broad SMARTS) is 1. The molecule has 2 aliphatic heterocycles. The van der Waals surface area contributed by atoms with Crippen LogP contribution in [0.4, 0.5) is 10.2 Å². The van der Waals surface area contributed by atoms with E-state index in [1.807, 2.05) is 49.9 Å². The lowest BCUT2D eigenvalue weighted by atomic mass is 9.87. The number of anilines is 1. The number of aryl methyl sites for hydroxylation is 2. The van der Waals surface area contributed by atoms with E-state index in [2.05, 4.69) is 22.0 Å².